The molecule has 0 aliphatic carbocycles. The van der Waals surface area contributed by atoms with E-state index < -0.39 is 5.97 Å². The summed E-state index contributed by atoms with van der Waals surface area (Å²) < 4.78 is 4.98. The van der Waals surface area contributed by atoms with Crippen LogP contribution in [0.5, 0.6) is 0 Å². The molecule has 2 N–H and O–H groups in total. The molecule has 0 fully saturated rings. The summed E-state index contributed by atoms with van der Waals surface area (Å²) >= 11 is 0. The summed E-state index contributed by atoms with van der Waals surface area (Å²) in [6, 6.07) is 3.19. The van der Waals surface area contributed by atoms with Gasteiger partial charge in [0.15, 0.2) is 0 Å². The van der Waals surface area contributed by atoms with Crippen molar-refractivity contribution in [1.82, 2.24) is 10.3 Å². The molecule has 0 aliphatic heterocycles. The molecule has 0 saturated heterocycles. The van der Waals surface area contributed by atoms with Gasteiger partial charge in [-0.2, -0.15) is 0 Å². The number of aromatic nitrogens is 1. The lowest BCUT2D eigenvalue weighted by Crippen LogP contribution is -2.30. The number of ether oxygens (including phenoxy) is 1. The van der Waals surface area contributed by atoms with Crippen LogP contribution in [0.15, 0.2) is 24.4 Å². The second kappa shape index (κ2) is 8.06. The van der Waals surface area contributed by atoms with E-state index in [0.29, 0.717) is 24.4 Å². The van der Waals surface area contributed by atoms with Gasteiger partial charge in [-0.15, -0.1) is 0 Å². The van der Waals surface area contributed by atoms with E-state index in [4.69, 9.17) is 9.84 Å². The molecule has 0 spiro atoms. The van der Waals surface area contributed by atoms with E-state index in [2.05, 4.69) is 10.3 Å². The summed E-state index contributed by atoms with van der Waals surface area (Å²) in [7, 11) is 1.61. The first-order valence-electron chi connectivity index (χ1n) is 6.17. The van der Waals surface area contributed by atoms with Crippen LogP contribution in [0.1, 0.15) is 23.0 Å². The largest absolute Gasteiger partial charge is 0.478 e. The molecule has 1 amide bonds. The SMILES string of the molecule is COCC(C)CNC(=O)c1ccc(C=CC(=O)O)cn1. The number of aliphatic carboxylic acids is 1. The second-order valence-corrected chi connectivity index (χ2v) is 4.42. The number of carboxylic acids is 1. The van der Waals surface area contributed by atoms with Gasteiger partial charge >= 0.3 is 5.97 Å². The van der Waals surface area contributed by atoms with E-state index >= 15 is 0 Å². The molecule has 0 saturated carbocycles. The lowest BCUT2D eigenvalue weighted by molar-refractivity contribution is -0.131. The van der Waals surface area contributed by atoms with Gasteiger partial charge in [-0.25, -0.2) is 4.79 Å². The van der Waals surface area contributed by atoms with E-state index in [0.717, 1.165) is 6.08 Å². The molecule has 20 heavy (non-hydrogen) atoms. The molecule has 6 heteroatoms. The normalized spacial score (nSPS) is 12.3. The summed E-state index contributed by atoms with van der Waals surface area (Å²) in [5.74, 6) is -1.07. The molecular formula is C14H18N2O4. The number of carboxylic acid groups (broad SMARTS) is 1. The average molecular weight is 278 g/mol. The standard InChI is InChI=1S/C14H18N2O4/c1-10(9-20-2)7-16-14(19)12-5-3-11(8-15-12)4-6-13(17)18/h3-6,8,10H,7,9H2,1-2H3,(H,16,19)(H,17,18). The highest BCUT2D eigenvalue weighted by molar-refractivity contribution is 5.92. The maximum absolute atomic E-state index is 11.8. The van der Waals surface area contributed by atoms with Crippen molar-refractivity contribution in [1.29, 1.82) is 0 Å². The first-order chi connectivity index (χ1) is 9.52. The Balaban J connectivity index is 2.55. The van der Waals surface area contributed by atoms with Gasteiger partial charge in [0.1, 0.15) is 5.69 Å². The molecule has 1 unspecified atom stereocenters. The van der Waals surface area contributed by atoms with Crippen molar-refractivity contribution in [3.63, 3.8) is 0 Å². The molecule has 0 aromatic carbocycles. The van der Waals surface area contributed by atoms with E-state index in [1.165, 1.54) is 12.3 Å². The Morgan fingerprint density at radius 1 is 1.50 bits per heavy atom. The summed E-state index contributed by atoms with van der Waals surface area (Å²) in [5, 5.41) is 11.3. The van der Waals surface area contributed by atoms with Crippen LogP contribution in [-0.2, 0) is 9.53 Å². The first kappa shape index (κ1) is 15.8. The maximum Gasteiger partial charge on any atom is 0.328 e. The predicted octanol–water partition coefficient (Wildman–Crippen LogP) is 1.19. The van der Waals surface area contributed by atoms with E-state index in [1.54, 1.807) is 19.2 Å². The van der Waals surface area contributed by atoms with Gasteiger partial charge in [0.25, 0.3) is 5.91 Å². The molecule has 1 aromatic rings. The van der Waals surface area contributed by atoms with Crippen LogP contribution in [0.25, 0.3) is 6.08 Å². The fourth-order valence-corrected chi connectivity index (χ4v) is 1.51. The third-order valence-corrected chi connectivity index (χ3v) is 2.50. The molecule has 0 radical (unpaired) electrons. The van der Waals surface area contributed by atoms with Crippen molar-refractivity contribution in [2.24, 2.45) is 5.92 Å². The molecule has 1 aromatic heterocycles. The number of carbonyl (C=O) groups excluding carboxylic acids is 1. The Morgan fingerprint density at radius 3 is 2.80 bits per heavy atom. The van der Waals surface area contributed by atoms with Crippen molar-refractivity contribution in [3.8, 4) is 0 Å². The molecule has 1 heterocycles. The lowest BCUT2D eigenvalue weighted by atomic mass is 10.2. The van der Waals surface area contributed by atoms with Crippen molar-refractivity contribution in [3.05, 3.63) is 35.7 Å². The average Bonchev–Trinajstić information content (AvgIpc) is 2.43. The summed E-state index contributed by atoms with van der Waals surface area (Å²) in [6.07, 6.45) is 3.88. The minimum absolute atomic E-state index is 0.224. The molecule has 1 atom stereocenters. The molecule has 1 rings (SSSR count). The fraction of sp³-hybridized carbons (Fsp3) is 0.357. The number of hydrogen-bond donors (Lipinski definition) is 2. The van der Waals surface area contributed by atoms with Crippen LogP contribution < -0.4 is 5.32 Å². The van der Waals surface area contributed by atoms with Crippen LogP contribution in [0.4, 0.5) is 0 Å². The Kier molecular flexibility index (Phi) is 6.39. The molecule has 108 valence electrons. The highest BCUT2D eigenvalue weighted by Crippen LogP contribution is 2.03. The summed E-state index contributed by atoms with van der Waals surface area (Å²) in [4.78, 5) is 26.2. The minimum Gasteiger partial charge on any atom is -0.478 e. The number of methoxy groups -OCH3 is 1. The number of hydrogen-bond acceptors (Lipinski definition) is 4. The van der Waals surface area contributed by atoms with E-state index in [9.17, 15) is 9.59 Å². The van der Waals surface area contributed by atoms with Gasteiger partial charge in [-0.3, -0.25) is 9.78 Å². The van der Waals surface area contributed by atoms with Crippen LogP contribution in [0, 0.1) is 5.92 Å². The minimum atomic E-state index is -1.03. The number of amides is 1. The maximum atomic E-state index is 11.8. The van der Waals surface area contributed by atoms with Crippen LogP contribution >= 0.6 is 0 Å². The molecule has 0 bridgehead atoms. The predicted molar refractivity (Wildman–Crippen MR) is 74.3 cm³/mol. The van der Waals surface area contributed by atoms with Crippen molar-refractivity contribution in [2.75, 3.05) is 20.3 Å². The quantitative estimate of drug-likeness (QED) is 0.731. The Hall–Kier alpha value is -2.21. The van der Waals surface area contributed by atoms with Gasteiger partial charge in [0, 0.05) is 25.9 Å². The van der Waals surface area contributed by atoms with Gasteiger partial charge in [0.2, 0.25) is 0 Å². The van der Waals surface area contributed by atoms with Crippen LogP contribution in [0.3, 0.4) is 0 Å². The zero-order chi connectivity index (χ0) is 15.0. The van der Waals surface area contributed by atoms with Crippen molar-refractivity contribution < 1.29 is 19.4 Å². The van der Waals surface area contributed by atoms with Crippen LogP contribution in [0.2, 0.25) is 0 Å². The summed E-state index contributed by atoms with van der Waals surface area (Å²) in [6.45, 7) is 3.05. The lowest BCUT2D eigenvalue weighted by Gasteiger charge is -2.11. The molecular weight excluding hydrogens is 260 g/mol. The zero-order valence-corrected chi connectivity index (χ0v) is 11.5. The Bertz CT molecular complexity index is 482. The van der Waals surface area contributed by atoms with E-state index in [-0.39, 0.29) is 11.8 Å². The third-order valence-electron chi connectivity index (χ3n) is 2.50. The third kappa shape index (κ3) is 5.62. The smallest absolute Gasteiger partial charge is 0.328 e. The van der Waals surface area contributed by atoms with Crippen LogP contribution in [-0.4, -0.2) is 42.2 Å². The number of nitrogens with zero attached hydrogens (tertiary/aromatic N) is 1. The van der Waals surface area contributed by atoms with Gasteiger partial charge in [0.05, 0.1) is 6.61 Å². The topological polar surface area (TPSA) is 88.5 Å². The highest BCUT2D eigenvalue weighted by atomic mass is 16.5. The van der Waals surface area contributed by atoms with Gasteiger partial charge in [-0.1, -0.05) is 13.0 Å². The first-order valence-corrected chi connectivity index (χ1v) is 6.17. The van der Waals surface area contributed by atoms with Crippen molar-refractivity contribution >= 4 is 18.0 Å². The van der Waals surface area contributed by atoms with Gasteiger partial charge < -0.3 is 15.2 Å². The number of pyridine rings is 1. The number of rotatable bonds is 7. The number of nitrogens with one attached hydrogen (secondary N) is 1. The van der Waals surface area contributed by atoms with Crippen molar-refractivity contribution in [2.45, 2.75) is 6.92 Å². The summed E-state index contributed by atoms with van der Waals surface area (Å²) in [5.41, 5.74) is 0.916. The number of carbonyl (C=O) groups is 2. The highest BCUT2D eigenvalue weighted by Gasteiger charge is 2.08. The second-order valence-electron chi connectivity index (χ2n) is 4.42. The molecule has 0 aliphatic rings. The van der Waals surface area contributed by atoms with E-state index in [1.807, 2.05) is 6.92 Å². The van der Waals surface area contributed by atoms with Gasteiger partial charge in [-0.05, 0) is 23.6 Å². The fourth-order valence-electron chi connectivity index (χ4n) is 1.51. The molecule has 6 nitrogen and oxygen atoms in total. The monoisotopic (exact) mass is 278 g/mol. The zero-order valence-electron chi connectivity index (χ0n) is 11.5. The Labute approximate surface area is 117 Å². The Morgan fingerprint density at radius 2 is 2.25 bits per heavy atom.